The van der Waals surface area contributed by atoms with Crippen LogP contribution in [0.2, 0.25) is 0 Å². The fourth-order valence-electron chi connectivity index (χ4n) is 2.60. The number of nitrogens with zero attached hydrogens (tertiary/aromatic N) is 1. The Morgan fingerprint density at radius 2 is 2.27 bits per heavy atom. The average molecular weight is 213 g/mol. The van der Waals surface area contributed by atoms with Gasteiger partial charge in [0.25, 0.3) is 0 Å². The van der Waals surface area contributed by atoms with E-state index in [4.69, 9.17) is 9.47 Å². The fourth-order valence-corrected chi connectivity index (χ4v) is 2.60. The molecular weight excluding hydrogens is 194 g/mol. The van der Waals surface area contributed by atoms with Gasteiger partial charge in [-0.3, -0.25) is 0 Å². The van der Waals surface area contributed by atoms with Crippen molar-refractivity contribution in [3.05, 3.63) is 0 Å². The molecule has 0 bridgehead atoms. The summed E-state index contributed by atoms with van der Waals surface area (Å²) >= 11 is 0. The van der Waals surface area contributed by atoms with Crippen molar-refractivity contribution in [3.63, 3.8) is 0 Å². The molecule has 4 nitrogen and oxygen atoms in total. The van der Waals surface area contributed by atoms with Gasteiger partial charge in [0.15, 0.2) is 6.10 Å². The third-order valence-corrected chi connectivity index (χ3v) is 3.64. The first kappa shape index (κ1) is 10.9. The molecule has 4 heteroatoms. The minimum absolute atomic E-state index is 0.194. The Hall–Kier alpha value is -0.610. The van der Waals surface area contributed by atoms with Crippen molar-refractivity contribution in [3.8, 4) is 0 Å². The second-order valence-corrected chi connectivity index (χ2v) is 4.80. The van der Waals surface area contributed by atoms with Crippen LogP contribution in [0, 0.1) is 0 Å². The van der Waals surface area contributed by atoms with Crippen LogP contribution in [0.1, 0.15) is 25.7 Å². The van der Waals surface area contributed by atoms with E-state index in [-0.39, 0.29) is 17.7 Å². The lowest BCUT2D eigenvalue weighted by Crippen LogP contribution is -2.38. The van der Waals surface area contributed by atoms with Crippen LogP contribution in [-0.4, -0.2) is 49.8 Å². The van der Waals surface area contributed by atoms with Crippen LogP contribution in [-0.2, 0) is 14.3 Å². The van der Waals surface area contributed by atoms with E-state index in [0.717, 1.165) is 19.3 Å². The molecule has 1 saturated carbocycles. The number of hydrogen-bond acceptors (Lipinski definition) is 4. The second kappa shape index (κ2) is 3.76. The van der Waals surface area contributed by atoms with Gasteiger partial charge in [-0.05, 0) is 39.8 Å². The topological polar surface area (TPSA) is 42.1 Å². The minimum Gasteiger partial charge on any atom is -0.467 e. The Balaban J connectivity index is 1.97. The maximum atomic E-state index is 11.4. The van der Waals surface area contributed by atoms with Gasteiger partial charge in [0.05, 0.1) is 7.11 Å². The predicted molar refractivity (Wildman–Crippen MR) is 55.6 cm³/mol. The van der Waals surface area contributed by atoms with E-state index in [1.165, 1.54) is 13.5 Å². The van der Waals surface area contributed by atoms with E-state index in [1.54, 1.807) is 0 Å². The highest BCUT2D eigenvalue weighted by molar-refractivity contribution is 5.79. The molecule has 1 saturated heterocycles. The molecular formula is C11H19NO3. The van der Waals surface area contributed by atoms with Gasteiger partial charge in [0.1, 0.15) is 5.60 Å². The molecule has 15 heavy (non-hydrogen) atoms. The van der Waals surface area contributed by atoms with Crippen LogP contribution in [0.25, 0.3) is 0 Å². The van der Waals surface area contributed by atoms with Crippen LogP contribution in [0.15, 0.2) is 0 Å². The molecule has 2 fully saturated rings. The fraction of sp³-hybridized carbons (Fsp3) is 0.909. The van der Waals surface area contributed by atoms with Gasteiger partial charge >= 0.3 is 5.97 Å². The van der Waals surface area contributed by atoms with Gasteiger partial charge in [-0.1, -0.05) is 0 Å². The van der Waals surface area contributed by atoms with Crippen molar-refractivity contribution in [1.29, 1.82) is 0 Å². The SMILES string of the molecule is COC(=O)C1OC12CCCC(N(C)C)C2. The maximum Gasteiger partial charge on any atom is 0.338 e. The van der Waals surface area contributed by atoms with E-state index in [2.05, 4.69) is 19.0 Å². The molecule has 3 atom stereocenters. The van der Waals surface area contributed by atoms with Crippen molar-refractivity contribution in [2.24, 2.45) is 0 Å². The molecule has 1 heterocycles. The highest BCUT2D eigenvalue weighted by atomic mass is 16.7. The zero-order chi connectivity index (χ0) is 11.1. The van der Waals surface area contributed by atoms with Gasteiger partial charge in [0, 0.05) is 6.04 Å². The van der Waals surface area contributed by atoms with Gasteiger partial charge in [0.2, 0.25) is 0 Å². The molecule has 0 amide bonds. The number of rotatable bonds is 2. The first-order valence-electron chi connectivity index (χ1n) is 5.51. The third kappa shape index (κ3) is 1.88. The number of epoxide rings is 1. The lowest BCUT2D eigenvalue weighted by atomic mass is 9.82. The molecule has 0 N–H and O–H groups in total. The molecule has 2 aliphatic rings. The largest absolute Gasteiger partial charge is 0.467 e. The summed E-state index contributed by atoms with van der Waals surface area (Å²) in [6.07, 6.45) is 3.99. The molecule has 2 rings (SSSR count). The van der Waals surface area contributed by atoms with Crippen molar-refractivity contribution >= 4 is 5.97 Å². The molecule has 3 unspecified atom stereocenters. The Kier molecular flexibility index (Phi) is 2.73. The van der Waals surface area contributed by atoms with E-state index in [9.17, 15) is 4.79 Å². The standard InChI is InChI=1S/C11H19NO3/c1-12(2)8-5-4-6-11(7-8)9(15-11)10(13)14-3/h8-9H,4-7H2,1-3H3. The predicted octanol–water partition coefficient (Wildman–Crippen LogP) is 0.801. The van der Waals surface area contributed by atoms with Gasteiger partial charge in [-0.2, -0.15) is 0 Å². The Morgan fingerprint density at radius 1 is 1.53 bits per heavy atom. The lowest BCUT2D eigenvalue weighted by Gasteiger charge is -2.31. The molecule has 0 radical (unpaired) electrons. The Labute approximate surface area is 90.5 Å². The van der Waals surface area contributed by atoms with Crippen LogP contribution < -0.4 is 0 Å². The lowest BCUT2D eigenvalue weighted by molar-refractivity contribution is -0.142. The Bertz CT molecular complexity index is 267. The number of carbonyl (C=O) groups is 1. The second-order valence-electron chi connectivity index (χ2n) is 4.80. The van der Waals surface area contributed by atoms with E-state index in [1.807, 2.05) is 0 Å². The minimum atomic E-state index is -0.301. The first-order chi connectivity index (χ1) is 7.09. The highest BCUT2D eigenvalue weighted by Gasteiger charge is 2.62. The summed E-state index contributed by atoms with van der Waals surface area (Å²) in [5.74, 6) is -0.214. The number of esters is 1. The molecule has 1 aliphatic carbocycles. The molecule has 0 aromatic carbocycles. The van der Waals surface area contributed by atoms with Gasteiger partial charge in [-0.15, -0.1) is 0 Å². The molecule has 0 aromatic heterocycles. The quantitative estimate of drug-likeness (QED) is 0.502. The summed E-state index contributed by atoms with van der Waals surface area (Å²) in [7, 11) is 5.59. The highest BCUT2D eigenvalue weighted by Crippen LogP contribution is 2.49. The van der Waals surface area contributed by atoms with E-state index < -0.39 is 0 Å². The molecule has 1 spiro atoms. The van der Waals surface area contributed by atoms with Crippen molar-refractivity contribution < 1.29 is 14.3 Å². The van der Waals surface area contributed by atoms with Crippen LogP contribution in [0.4, 0.5) is 0 Å². The summed E-state index contributed by atoms with van der Waals surface area (Å²) in [5, 5.41) is 0. The van der Waals surface area contributed by atoms with E-state index in [0.29, 0.717) is 6.04 Å². The third-order valence-electron chi connectivity index (χ3n) is 3.64. The van der Waals surface area contributed by atoms with Crippen molar-refractivity contribution in [1.82, 2.24) is 4.90 Å². The zero-order valence-electron chi connectivity index (χ0n) is 9.66. The smallest absolute Gasteiger partial charge is 0.338 e. The van der Waals surface area contributed by atoms with Crippen molar-refractivity contribution in [2.75, 3.05) is 21.2 Å². The normalized spacial score (nSPS) is 39.5. The summed E-state index contributed by atoms with van der Waals surface area (Å²) in [5.41, 5.74) is -0.194. The number of ether oxygens (including phenoxy) is 2. The molecule has 86 valence electrons. The van der Waals surface area contributed by atoms with Crippen LogP contribution in [0.3, 0.4) is 0 Å². The number of carbonyl (C=O) groups excluding carboxylic acids is 1. The summed E-state index contributed by atoms with van der Waals surface area (Å²) in [4.78, 5) is 13.6. The molecule has 1 aliphatic heterocycles. The summed E-state index contributed by atoms with van der Waals surface area (Å²) in [6.45, 7) is 0. The zero-order valence-corrected chi connectivity index (χ0v) is 9.66. The summed E-state index contributed by atoms with van der Waals surface area (Å²) in [6, 6.07) is 0.536. The van der Waals surface area contributed by atoms with Crippen LogP contribution >= 0.6 is 0 Å². The average Bonchev–Trinajstić information content (AvgIpc) is 2.91. The van der Waals surface area contributed by atoms with Gasteiger partial charge < -0.3 is 14.4 Å². The summed E-state index contributed by atoms with van der Waals surface area (Å²) < 4.78 is 10.3. The monoisotopic (exact) mass is 213 g/mol. The molecule has 0 aromatic rings. The van der Waals surface area contributed by atoms with E-state index >= 15 is 0 Å². The van der Waals surface area contributed by atoms with Gasteiger partial charge in [-0.25, -0.2) is 4.79 Å². The first-order valence-corrected chi connectivity index (χ1v) is 5.51. The van der Waals surface area contributed by atoms with Crippen LogP contribution in [0.5, 0.6) is 0 Å². The van der Waals surface area contributed by atoms with Crippen molar-refractivity contribution in [2.45, 2.75) is 43.4 Å². The number of hydrogen-bond donors (Lipinski definition) is 0. The number of methoxy groups -OCH3 is 1. The Morgan fingerprint density at radius 3 is 2.87 bits per heavy atom. The maximum absolute atomic E-state index is 11.4.